The van der Waals surface area contributed by atoms with E-state index in [1.165, 1.54) is 42.7 Å². The molecule has 4 aromatic rings. The molecule has 134 valence electrons. The van der Waals surface area contributed by atoms with E-state index in [0.29, 0.717) is 0 Å². The standard InChI is InChI=1S/C22H24Cl2Si2/c1-25(2,13-23)19-11-7-15-6-10-18-20(26(3,4)14-24)12-8-16-5-9-17(19)21(15)22(16)18/h5-12H,13-14H2,1-4H3. The van der Waals surface area contributed by atoms with Gasteiger partial charge in [0.25, 0.3) is 0 Å². The Hall–Kier alpha value is -1.07. The summed E-state index contributed by atoms with van der Waals surface area (Å²) in [7, 11) is -3.30. The van der Waals surface area contributed by atoms with Gasteiger partial charge in [-0.25, -0.2) is 0 Å². The molecule has 4 rings (SSSR count). The lowest BCUT2D eigenvalue weighted by atomic mass is 9.94. The summed E-state index contributed by atoms with van der Waals surface area (Å²) in [5, 5.41) is 11.2. The molecular weight excluding hydrogens is 391 g/mol. The van der Waals surface area contributed by atoms with Crippen LogP contribution in [0.5, 0.6) is 0 Å². The van der Waals surface area contributed by atoms with Gasteiger partial charge in [0.15, 0.2) is 0 Å². The monoisotopic (exact) mass is 414 g/mol. The first-order chi connectivity index (χ1) is 12.3. The van der Waals surface area contributed by atoms with Crippen molar-refractivity contribution in [3.63, 3.8) is 0 Å². The Balaban J connectivity index is 2.19. The zero-order valence-electron chi connectivity index (χ0n) is 15.8. The number of hydrogen-bond acceptors (Lipinski definition) is 0. The maximum absolute atomic E-state index is 6.37. The molecule has 0 bridgehead atoms. The third-order valence-corrected chi connectivity index (χ3v) is 14.9. The lowest BCUT2D eigenvalue weighted by Crippen LogP contribution is -2.44. The molecular formula is C22H24Cl2Si2. The number of benzene rings is 4. The summed E-state index contributed by atoms with van der Waals surface area (Å²) in [6, 6.07) is 18.4. The Labute approximate surface area is 167 Å². The highest BCUT2D eigenvalue weighted by Gasteiger charge is 2.28. The van der Waals surface area contributed by atoms with E-state index in [2.05, 4.69) is 74.7 Å². The van der Waals surface area contributed by atoms with Crippen molar-refractivity contribution >= 4 is 82.0 Å². The molecule has 0 aliphatic heterocycles. The molecule has 0 amide bonds. The minimum atomic E-state index is -1.65. The number of hydrogen-bond donors (Lipinski definition) is 0. The second-order valence-electron chi connectivity index (χ2n) is 8.68. The normalized spacial score (nSPS) is 13.3. The topological polar surface area (TPSA) is 0 Å². The largest absolute Gasteiger partial charge is 0.130 e. The Bertz CT molecular complexity index is 1030. The van der Waals surface area contributed by atoms with Gasteiger partial charge in [-0.15, -0.1) is 23.2 Å². The van der Waals surface area contributed by atoms with Crippen LogP contribution in [-0.4, -0.2) is 27.2 Å². The quantitative estimate of drug-likeness (QED) is 0.219. The van der Waals surface area contributed by atoms with Crippen molar-refractivity contribution in [3.8, 4) is 0 Å². The van der Waals surface area contributed by atoms with Gasteiger partial charge in [-0.2, -0.15) is 0 Å². The van der Waals surface area contributed by atoms with Gasteiger partial charge in [-0.05, 0) is 32.3 Å². The molecule has 0 aliphatic carbocycles. The van der Waals surface area contributed by atoms with Crippen LogP contribution in [0.4, 0.5) is 0 Å². The van der Waals surface area contributed by atoms with Crippen molar-refractivity contribution in [1.29, 1.82) is 0 Å². The first kappa shape index (κ1) is 18.3. The van der Waals surface area contributed by atoms with Gasteiger partial charge in [0.05, 0.1) is 16.1 Å². The van der Waals surface area contributed by atoms with Gasteiger partial charge >= 0.3 is 0 Å². The predicted molar refractivity (Wildman–Crippen MR) is 126 cm³/mol. The second-order valence-corrected chi connectivity index (χ2v) is 19.4. The first-order valence-electron chi connectivity index (χ1n) is 9.13. The molecule has 0 atom stereocenters. The summed E-state index contributed by atoms with van der Waals surface area (Å²) in [4.78, 5) is 0. The molecule has 0 aliphatic rings. The molecule has 4 aromatic carbocycles. The molecule has 0 nitrogen and oxygen atoms in total. The van der Waals surface area contributed by atoms with Crippen LogP contribution < -0.4 is 10.4 Å². The maximum atomic E-state index is 6.37. The Morgan fingerprint density at radius 1 is 0.577 bits per heavy atom. The van der Waals surface area contributed by atoms with Gasteiger partial charge in [-0.1, -0.05) is 85.1 Å². The minimum absolute atomic E-state index is 0.744. The first-order valence-corrected chi connectivity index (χ1v) is 16.6. The van der Waals surface area contributed by atoms with Gasteiger partial charge < -0.3 is 0 Å². The molecule has 0 aromatic heterocycles. The summed E-state index contributed by atoms with van der Waals surface area (Å²) < 4.78 is 0. The Morgan fingerprint density at radius 3 is 1.27 bits per heavy atom. The van der Waals surface area contributed by atoms with Crippen molar-refractivity contribution < 1.29 is 0 Å². The average Bonchev–Trinajstić information content (AvgIpc) is 2.65. The van der Waals surface area contributed by atoms with Crippen molar-refractivity contribution in [1.82, 2.24) is 0 Å². The third kappa shape index (κ3) is 2.62. The smallest absolute Gasteiger partial charge is 0.0967 e. The maximum Gasteiger partial charge on any atom is 0.0967 e. The second kappa shape index (κ2) is 6.23. The van der Waals surface area contributed by atoms with Crippen LogP contribution in [0.1, 0.15) is 0 Å². The highest BCUT2D eigenvalue weighted by Crippen LogP contribution is 2.34. The fraction of sp³-hybridized carbons (Fsp3) is 0.273. The summed E-state index contributed by atoms with van der Waals surface area (Å²) in [5.41, 5.74) is 1.49. The lowest BCUT2D eigenvalue weighted by Gasteiger charge is -2.26. The highest BCUT2D eigenvalue weighted by atomic mass is 35.5. The molecule has 0 fully saturated rings. The summed E-state index contributed by atoms with van der Waals surface area (Å²) >= 11 is 12.7. The SMILES string of the molecule is C[Si](C)(CCl)c1ccc2ccc3c([Si](C)(C)CCl)ccc4ccc1c2c43. The molecule has 26 heavy (non-hydrogen) atoms. The van der Waals surface area contributed by atoms with Crippen LogP contribution in [-0.2, 0) is 0 Å². The number of alkyl halides is 2. The molecule has 0 radical (unpaired) electrons. The number of halogens is 2. The van der Waals surface area contributed by atoms with Crippen LogP contribution in [0.2, 0.25) is 26.2 Å². The fourth-order valence-electron chi connectivity index (χ4n) is 4.13. The van der Waals surface area contributed by atoms with E-state index in [1.54, 1.807) is 0 Å². The van der Waals surface area contributed by atoms with E-state index < -0.39 is 16.1 Å². The number of rotatable bonds is 4. The molecule has 4 heteroatoms. The van der Waals surface area contributed by atoms with Gasteiger partial charge in [-0.3, -0.25) is 0 Å². The molecule has 0 N–H and O–H groups in total. The molecule has 0 heterocycles. The minimum Gasteiger partial charge on any atom is -0.130 e. The highest BCUT2D eigenvalue weighted by molar-refractivity contribution is 6.96. The lowest BCUT2D eigenvalue weighted by molar-refractivity contribution is 1.69. The van der Waals surface area contributed by atoms with Gasteiger partial charge in [0.2, 0.25) is 0 Å². The average molecular weight is 416 g/mol. The van der Waals surface area contributed by atoms with E-state index >= 15 is 0 Å². The van der Waals surface area contributed by atoms with Crippen LogP contribution in [0.3, 0.4) is 0 Å². The van der Waals surface area contributed by atoms with Crippen LogP contribution in [0.15, 0.2) is 48.5 Å². The van der Waals surface area contributed by atoms with Crippen LogP contribution >= 0.6 is 23.2 Å². The Kier molecular flexibility index (Phi) is 4.39. The van der Waals surface area contributed by atoms with E-state index in [9.17, 15) is 0 Å². The summed E-state index contributed by atoms with van der Waals surface area (Å²) in [6.07, 6.45) is 0. The molecule has 0 spiro atoms. The van der Waals surface area contributed by atoms with E-state index in [1.807, 2.05) is 0 Å². The van der Waals surface area contributed by atoms with Crippen LogP contribution in [0, 0.1) is 0 Å². The third-order valence-electron chi connectivity index (χ3n) is 5.79. The van der Waals surface area contributed by atoms with Crippen molar-refractivity contribution in [3.05, 3.63) is 48.5 Å². The Morgan fingerprint density at radius 2 is 0.923 bits per heavy atom. The van der Waals surface area contributed by atoms with E-state index in [0.717, 1.165) is 11.0 Å². The zero-order valence-corrected chi connectivity index (χ0v) is 19.3. The zero-order chi connectivity index (χ0) is 18.7. The van der Waals surface area contributed by atoms with Crippen molar-refractivity contribution in [2.45, 2.75) is 26.2 Å². The van der Waals surface area contributed by atoms with Gasteiger partial charge in [0.1, 0.15) is 0 Å². The van der Waals surface area contributed by atoms with Crippen molar-refractivity contribution in [2.75, 3.05) is 11.0 Å². The van der Waals surface area contributed by atoms with E-state index in [-0.39, 0.29) is 0 Å². The van der Waals surface area contributed by atoms with E-state index in [4.69, 9.17) is 23.2 Å². The van der Waals surface area contributed by atoms with Crippen LogP contribution in [0.25, 0.3) is 32.3 Å². The summed E-state index contributed by atoms with van der Waals surface area (Å²) in [5.74, 6) is 0. The molecule has 0 saturated carbocycles. The summed E-state index contributed by atoms with van der Waals surface area (Å²) in [6.45, 7) is 9.45. The molecule has 0 saturated heterocycles. The predicted octanol–water partition coefficient (Wildman–Crippen LogP) is 5.97. The molecule has 0 unspecified atom stereocenters. The van der Waals surface area contributed by atoms with Gasteiger partial charge in [0, 0.05) is 11.0 Å². The fourth-order valence-corrected chi connectivity index (χ4v) is 8.22. The van der Waals surface area contributed by atoms with Crippen molar-refractivity contribution in [2.24, 2.45) is 0 Å².